The van der Waals surface area contributed by atoms with Crippen LogP contribution in [0.1, 0.15) is 21.6 Å². The molecule has 0 aliphatic rings. The van der Waals surface area contributed by atoms with Crippen LogP contribution in [0.2, 0.25) is 0 Å². The summed E-state index contributed by atoms with van der Waals surface area (Å²) < 4.78 is 1.59. The van der Waals surface area contributed by atoms with E-state index < -0.39 is 0 Å². The van der Waals surface area contributed by atoms with E-state index >= 15 is 0 Å². The standard InChI is InChI=1S/C21H23N3O2S2/c1-6-10-24-20(26)17-14(4)15(5)28-19(17)23-21(24)27-11-16(25)22-18-12(2)8-7-9-13(18)3/h6-9H,1,10-11H2,2-5H3,(H,22,25). The van der Waals surface area contributed by atoms with Crippen LogP contribution in [0.15, 0.2) is 40.8 Å². The minimum Gasteiger partial charge on any atom is -0.325 e. The van der Waals surface area contributed by atoms with Crippen molar-refractivity contribution in [3.05, 3.63) is 62.8 Å². The Hall–Kier alpha value is -2.38. The summed E-state index contributed by atoms with van der Waals surface area (Å²) in [5, 5.41) is 4.17. The molecule has 1 aromatic carbocycles. The maximum absolute atomic E-state index is 13.0. The number of aromatic nitrogens is 2. The third-order valence-electron chi connectivity index (χ3n) is 4.64. The number of nitrogens with one attached hydrogen (secondary N) is 1. The molecular weight excluding hydrogens is 390 g/mol. The minimum absolute atomic E-state index is 0.0793. The van der Waals surface area contributed by atoms with E-state index in [1.54, 1.807) is 10.6 Å². The molecule has 146 valence electrons. The number of benzene rings is 1. The van der Waals surface area contributed by atoms with E-state index in [0.717, 1.165) is 32.1 Å². The molecule has 0 bridgehead atoms. The number of amides is 1. The second-order valence-electron chi connectivity index (χ2n) is 6.67. The van der Waals surface area contributed by atoms with Gasteiger partial charge in [0, 0.05) is 17.1 Å². The molecule has 0 spiro atoms. The molecule has 7 heteroatoms. The topological polar surface area (TPSA) is 64.0 Å². The number of hydrogen-bond donors (Lipinski definition) is 1. The number of thioether (sulfide) groups is 1. The molecule has 0 fully saturated rings. The van der Waals surface area contributed by atoms with Crippen molar-refractivity contribution in [3.63, 3.8) is 0 Å². The van der Waals surface area contributed by atoms with Crippen molar-refractivity contribution in [3.8, 4) is 0 Å². The number of carbonyl (C=O) groups excluding carboxylic acids is 1. The SMILES string of the molecule is C=CCn1c(SCC(=O)Nc2c(C)cccc2C)nc2sc(C)c(C)c2c1=O. The third kappa shape index (κ3) is 3.91. The Morgan fingerprint density at radius 3 is 2.61 bits per heavy atom. The molecule has 1 amide bonds. The smallest absolute Gasteiger partial charge is 0.263 e. The molecule has 5 nitrogen and oxygen atoms in total. The van der Waals surface area contributed by atoms with Crippen LogP contribution >= 0.6 is 23.1 Å². The van der Waals surface area contributed by atoms with Gasteiger partial charge in [-0.1, -0.05) is 36.0 Å². The average Bonchev–Trinajstić information content (AvgIpc) is 2.93. The lowest BCUT2D eigenvalue weighted by atomic mass is 10.1. The van der Waals surface area contributed by atoms with Gasteiger partial charge in [0.2, 0.25) is 5.91 Å². The number of thiophene rings is 1. The van der Waals surface area contributed by atoms with E-state index in [1.807, 2.05) is 45.9 Å². The number of rotatable bonds is 6. The van der Waals surface area contributed by atoms with E-state index in [4.69, 9.17) is 0 Å². The van der Waals surface area contributed by atoms with Gasteiger partial charge in [0.1, 0.15) is 4.83 Å². The highest BCUT2D eigenvalue weighted by molar-refractivity contribution is 7.99. The number of aryl methyl sites for hydroxylation is 4. The van der Waals surface area contributed by atoms with Crippen molar-refractivity contribution in [1.29, 1.82) is 0 Å². The van der Waals surface area contributed by atoms with Crippen LogP contribution < -0.4 is 10.9 Å². The maximum Gasteiger partial charge on any atom is 0.263 e. The predicted molar refractivity (Wildman–Crippen MR) is 119 cm³/mol. The Bertz CT molecular complexity index is 1110. The summed E-state index contributed by atoms with van der Waals surface area (Å²) in [7, 11) is 0. The number of para-hydroxylation sites is 1. The first kappa shape index (κ1) is 20.4. The molecule has 28 heavy (non-hydrogen) atoms. The number of nitrogens with zero attached hydrogens (tertiary/aromatic N) is 2. The Kier molecular flexibility index (Phi) is 6.05. The molecule has 0 aliphatic carbocycles. The van der Waals surface area contributed by atoms with Gasteiger partial charge in [-0.15, -0.1) is 17.9 Å². The van der Waals surface area contributed by atoms with Crippen LogP contribution in [-0.2, 0) is 11.3 Å². The highest BCUT2D eigenvalue weighted by Gasteiger charge is 2.17. The van der Waals surface area contributed by atoms with Crippen LogP contribution in [-0.4, -0.2) is 21.2 Å². The second-order valence-corrected chi connectivity index (χ2v) is 8.81. The first-order chi connectivity index (χ1) is 13.3. The quantitative estimate of drug-likeness (QED) is 0.364. The highest BCUT2D eigenvalue weighted by Crippen LogP contribution is 2.28. The van der Waals surface area contributed by atoms with Gasteiger partial charge >= 0.3 is 0 Å². The van der Waals surface area contributed by atoms with Gasteiger partial charge in [-0.05, 0) is 44.4 Å². The average molecular weight is 414 g/mol. The Labute approximate surface area is 172 Å². The molecule has 0 saturated heterocycles. The van der Waals surface area contributed by atoms with Crippen molar-refractivity contribution in [2.24, 2.45) is 0 Å². The summed E-state index contributed by atoms with van der Waals surface area (Å²) in [6.45, 7) is 12.0. The van der Waals surface area contributed by atoms with Gasteiger partial charge in [0.25, 0.3) is 5.56 Å². The molecule has 3 rings (SSSR count). The molecule has 2 aromatic heterocycles. The van der Waals surface area contributed by atoms with E-state index in [2.05, 4.69) is 16.9 Å². The third-order valence-corrected chi connectivity index (χ3v) is 6.72. The highest BCUT2D eigenvalue weighted by atomic mass is 32.2. The zero-order chi connectivity index (χ0) is 20.4. The fourth-order valence-corrected chi connectivity index (χ4v) is 4.91. The molecule has 0 aliphatic heterocycles. The summed E-state index contributed by atoms with van der Waals surface area (Å²) in [5.74, 6) is 0.0482. The second kappa shape index (κ2) is 8.32. The van der Waals surface area contributed by atoms with Crippen molar-refractivity contribution >= 4 is 44.9 Å². The predicted octanol–water partition coefficient (Wildman–Crippen LogP) is 4.61. The monoisotopic (exact) mass is 413 g/mol. The number of hydrogen-bond acceptors (Lipinski definition) is 5. The summed E-state index contributed by atoms with van der Waals surface area (Å²) in [6, 6.07) is 5.90. The number of anilines is 1. The van der Waals surface area contributed by atoms with Crippen LogP contribution in [0.3, 0.4) is 0 Å². The van der Waals surface area contributed by atoms with Gasteiger partial charge in [-0.3, -0.25) is 14.2 Å². The van der Waals surface area contributed by atoms with Gasteiger partial charge in [0.15, 0.2) is 5.16 Å². The summed E-state index contributed by atoms with van der Waals surface area (Å²) >= 11 is 2.78. The van der Waals surface area contributed by atoms with E-state index in [9.17, 15) is 9.59 Å². The molecule has 0 unspecified atom stereocenters. The largest absolute Gasteiger partial charge is 0.325 e. The van der Waals surface area contributed by atoms with Crippen LogP contribution in [0.5, 0.6) is 0 Å². The number of fused-ring (bicyclic) bond motifs is 1. The van der Waals surface area contributed by atoms with Gasteiger partial charge in [0.05, 0.1) is 11.1 Å². The lowest BCUT2D eigenvalue weighted by Gasteiger charge is -2.12. The van der Waals surface area contributed by atoms with E-state index in [-0.39, 0.29) is 17.2 Å². The minimum atomic E-state index is -0.125. The fraction of sp³-hybridized carbons (Fsp3) is 0.286. The van der Waals surface area contributed by atoms with Crippen molar-refractivity contribution < 1.29 is 4.79 Å². The Morgan fingerprint density at radius 1 is 1.29 bits per heavy atom. The molecule has 0 saturated carbocycles. The van der Waals surface area contributed by atoms with Crippen molar-refractivity contribution in [2.45, 2.75) is 39.4 Å². The summed E-state index contributed by atoms with van der Waals surface area (Å²) in [4.78, 5) is 31.9. The Morgan fingerprint density at radius 2 is 1.96 bits per heavy atom. The lowest BCUT2D eigenvalue weighted by Crippen LogP contribution is -2.23. The summed E-state index contributed by atoms with van der Waals surface area (Å²) in [6.07, 6.45) is 1.67. The lowest BCUT2D eigenvalue weighted by molar-refractivity contribution is -0.113. The Balaban J connectivity index is 1.87. The summed E-state index contributed by atoms with van der Waals surface area (Å²) in [5.41, 5.74) is 3.77. The molecule has 0 atom stereocenters. The number of carbonyl (C=O) groups is 1. The first-order valence-electron chi connectivity index (χ1n) is 8.93. The molecule has 3 aromatic rings. The molecule has 1 N–H and O–H groups in total. The van der Waals surface area contributed by atoms with Crippen molar-refractivity contribution in [1.82, 2.24) is 9.55 Å². The van der Waals surface area contributed by atoms with Gasteiger partial charge < -0.3 is 5.32 Å². The molecule has 0 radical (unpaired) electrons. The fourth-order valence-electron chi connectivity index (χ4n) is 3.03. The van der Waals surface area contributed by atoms with Gasteiger partial charge in [-0.2, -0.15) is 0 Å². The maximum atomic E-state index is 13.0. The van der Waals surface area contributed by atoms with E-state index in [1.165, 1.54) is 23.1 Å². The van der Waals surface area contributed by atoms with Crippen LogP contribution in [0.25, 0.3) is 10.2 Å². The molecular formula is C21H23N3O2S2. The van der Waals surface area contributed by atoms with E-state index in [0.29, 0.717) is 17.1 Å². The van der Waals surface area contributed by atoms with Crippen molar-refractivity contribution in [2.75, 3.05) is 11.1 Å². The zero-order valence-corrected chi connectivity index (χ0v) is 18.1. The number of allylic oxidation sites excluding steroid dienone is 1. The van der Waals surface area contributed by atoms with Crippen LogP contribution in [0, 0.1) is 27.7 Å². The first-order valence-corrected chi connectivity index (χ1v) is 10.7. The van der Waals surface area contributed by atoms with Gasteiger partial charge in [-0.25, -0.2) is 4.98 Å². The molecule has 2 heterocycles. The normalized spacial score (nSPS) is 11.0. The van der Waals surface area contributed by atoms with Crippen LogP contribution in [0.4, 0.5) is 5.69 Å². The zero-order valence-electron chi connectivity index (χ0n) is 16.5.